The zero-order valence-corrected chi connectivity index (χ0v) is 24.1. The highest BCUT2D eigenvalue weighted by Crippen LogP contribution is 2.13. The van der Waals surface area contributed by atoms with Crippen molar-refractivity contribution in [1.29, 1.82) is 0 Å². The summed E-state index contributed by atoms with van der Waals surface area (Å²) in [5, 5.41) is 26.8. The highest BCUT2D eigenvalue weighted by atomic mass is 16.4. The summed E-state index contributed by atoms with van der Waals surface area (Å²) in [7, 11) is 0. The minimum Gasteiger partial charge on any atom is -0.508 e. The van der Waals surface area contributed by atoms with Gasteiger partial charge in [0.25, 0.3) is 0 Å². The molecule has 15 nitrogen and oxygen atoms in total. The summed E-state index contributed by atoms with van der Waals surface area (Å²) in [6.07, 6.45) is 0.0699. The molecule has 0 spiro atoms. The lowest BCUT2D eigenvalue weighted by molar-refractivity contribution is -0.142. The van der Waals surface area contributed by atoms with Crippen LogP contribution in [0.25, 0.3) is 0 Å². The van der Waals surface area contributed by atoms with Crippen molar-refractivity contribution >= 4 is 35.6 Å². The van der Waals surface area contributed by atoms with E-state index in [1.807, 2.05) is 0 Å². The van der Waals surface area contributed by atoms with Crippen LogP contribution in [-0.2, 0) is 36.8 Å². The number of phenols is 1. The molecular formula is C29H40N8O7. The van der Waals surface area contributed by atoms with E-state index in [1.165, 1.54) is 12.1 Å². The Morgan fingerprint density at radius 2 is 1.25 bits per heavy atom. The molecule has 0 aliphatic rings. The van der Waals surface area contributed by atoms with E-state index < -0.39 is 53.8 Å². The van der Waals surface area contributed by atoms with Crippen molar-refractivity contribution in [3.8, 4) is 5.75 Å². The summed E-state index contributed by atoms with van der Waals surface area (Å²) in [5.74, 6) is -4.38. The Kier molecular flexibility index (Phi) is 14.1. The molecule has 0 aromatic heterocycles. The second kappa shape index (κ2) is 17.7. The van der Waals surface area contributed by atoms with Gasteiger partial charge < -0.3 is 49.1 Å². The Morgan fingerprint density at radius 3 is 1.77 bits per heavy atom. The number of rotatable bonds is 18. The summed E-state index contributed by atoms with van der Waals surface area (Å²) in [4.78, 5) is 66.7. The van der Waals surface area contributed by atoms with Crippen molar-refractivity contribution in [3.63, 3.8) is 0 Å². The first-order valence-corrected chi connectivity index (χ1v) is 13.9. The van der Waals surface area contributed by atoms with Crippen molar-refractivity contribution in [2.45, 2.75) is 62.7 Å². The molecule has 2 rings (SSSR count). The average Bonchev–Trinajstić information content (AvgIpc) is 2.97. The number of aliphatic imine (C=N–C) groups is 1. The molecule has 2 aromatic carbocycles. The number of guanidine groups is 1. The summed E-state index contributed by atoms with van der Waals surface area (Å²) < 4.78 is 0. The van der Waals surface area contributed by atoms with Crippen LogP contribution in [0.2, 0.25) is 0 Å². The molecule has 2 aromatic rings. The molecule has 238 valence electrons. The molecule has 44 heavy (non-hydrogen) atoms. The molecule has 0 aliphatic heterocycles. The molecule has 0 saturated heterocycles. The maximum Gasteiger partial charge on any atom is 0.326 e. The van der Waals surface area contributed by atoms with Crippen LogP contribution in [-0.4, -0.2) is 76.5 Å². The smallest absolute Gasteiger partial charge is 0.326 e. The number of carbonyl (C=O) groups is 5. The van der Waals surface area contributed by atoms with Gasteiger partial charge in [-0.15, -0.1) is 0 Å². The van der Waals surface area contributed by atoms with Gasteiger partial charge >= 0.3 is 5.97 Å². The number of carboxylic acids is 1. The van der Waals surface area contributed by atoms with Crippen LogP contribution in [0.5, 0.6) is 5.75 Å². The third kappa shape index (κ3) is 12.8. The van der Waals surface area contributed by atoms with Gasteiger partial charge in [-0.2, -0.15) is 0 Å². The highest BCUT2D eigenvalue weighted by Gasteiger charge is 2.31. The molecule has 15 heteroatoms. The van der Waals surface area contributed by atoms with Gasteiger partial charge in [0.05, 0.1) is 6.04 Å². The summed E-state index contributed by atoms with van der Waals surface area (Å²) in [6.45, 7) is 0.258. The third-order valence-corrected chi connectivity index (χ3v) is 6.52. The Balaban J connectivity index is 2.28. The molecule has 0 radical (unpaired) electrons. The van der Waals surface area contributed by atoms with Crippen LogP contribution in [0, 0.1) is 0 Å². The van der Waals surface area contributed by atoms with Gasteiger partial charge in [-0.1, -0.05) is 42.5 Å². The third-order valence-electron chi connectivity index (χ3n) is 6.52. The molecular weight excluding hydrogens is 572 g/mol. The van der Waals surface area contributed by atoms with Crippen LogP contribution in [0.4, 0.5) is 0 Å². The number of nitrogens with zero attached hydrogens (tertiary/aromatic N) is 1. The number of phenolic OH excluding ortho intramolecular Hbond substituents is 1. The maximum atomic E-state index is 13.6. The second-order valence-corrected chi connectivity index (χ2v) is 10.1. The van der Waals surface area contributed by atoms with Gasteiger partial charge in [-0.3, -0.25) is 24.2 Å². The Bertz CT molecular complexity index is 1300. The average molecular weight is 613 g/mol. The number of hydrogen-bond donors (Lipinski definition) is 9. The molecule has 0 aliphatic carbocycles. The minimum absolute atomic E-state index is 0.00509. The minimum atomic E-state index is -1.44. The molecule has 4 unspecified atom stereocenters. The molecule has 13 N–H and O–H groups in total. The monoisotopic (exact) mass is 612 g/mol. The number of amides is 4. The lowest BCUT2D eigenvalue weighted by atomic mass is 10.0. The number of carboxylic acid groups (broad SMARTS) is 1. The van der Waals surface area contributed by atoms with E-state index in [4.69, 9.17) is 22.9 Å². The lowest BCUT2D eigenvalue weighted by Gasteiger charge is -2.25. The van der Waals surface area contributed by atoms with E-state index in [-0.39, 0.29) is 50.4 Å². The lowest BCUT2D eigenvalue weighted by Crippen LogP contribution is -2.58. The zero-order valence-electron chi connectivity index (χ0n) is 24.1. The van der Waals surface area contributed by atoms with E-state index in [0.29, 0.717) is 17.5 Å². The summed E-state index contributed by atoms with van der Waals surface area (Å²) in [6, 6.07) is 9.79. The predicted octanol–water partition coefficient (Wildman–Crippen LogP) is -1.64. The first-order chi connectivity index (χ1) is 20.8. The van der Waals surface area contributed by atoms with E-state index >= 15 is 0 Å². The zero-order chi connectivity index (χ0) is 32.6. The van der Waals surface area contributed by atoms with Crippen LogP contribution in [0.15, 0.2) is 59.6 Å². The first-order valence-electron chi connectivity index (χ1n) is 13.9. The van der Waals surface area contributed by atoms with E-state index in [9.17, 15) is 34.2 Å². The van der Waals surface area contributed by atoms with Gasteiger partial charge in [0, 0.05) is 25.8 Å². The van der Waals surface area contributed by atoms with Crippen molar-refractivity contribution in [2.24, 2.45) is 27.9 Å². The molecule has 0 fully saturated rings. The van der Waals surface area contributed by atoms with Gasteiger partial charge in [0.15, 0.2) is 5.96 Å². The number of carbonyl (C=O) groups excluding carboxylic acids is 4. The number of nitrogens with one attached hydrogen (secondary N) is 3. The fourth-order valence-corrected chi connectivity index (χ4v) is 4.15. The van der Waals surface area contributed by atoms with Gasteiger partial charge in [-0.25, -0.2) is 4.79 Å². The predicted molar refractivity (Wildman–Crippen MR) is 162 cm³/mol. The quantitative estimate of drug-likeness (QED) is 0.0526. The number of hydrogen-bond acceptors (Lipinski definition) is 8. The van der Waals surface area contributed by atoms with Gasteiger partial charge in [-0.05, 0) is 42.5 Å². The molecule has 0 bridgehead atoms. The number of aliphatic carboxylic acids is 1. The summed E-state index contributed by atoms with van der Waals surface area (Å²) in [5.41, 5.74) is 23.1. The second-order valence-electron chi connectivity index (χ2n) is 10.1. The fraction of sp³-hybridized carbons (Fsp3) is 0.379. The first kappa shape index (κ1) is 35.0. The van der Waals surface area contributed by atoms with Crippen LogP contribution in [0.3, 0.4) is 0 Å². The van der Waals surface area contributed by atoms with Crippen LogP contribution < -0.4 is 38.9 Å². The van der Waals surface area contributed by atoms with Gasteiger partial charge in [0.2, 0.25) is 23.6 Å². The summed E-state index contributed by atoms with van der Waals surface area (Å²) >= 11 is 0. The standard InChI is InChI=1S/C29H40N8O7/c30-20(7-4-14-34-29(32)33)25(40)36-22(16-18-8-10-19(38)11-9-18)27(42)37-23(15-17-5-2-1-3-6-17)26(41)35-21(28(43)44)12-13-24(31)39/h1-3,5-6,8-11,20-23,38H,4,7,12-16,30H2,(H2,31,39)(H,35,41)(H,36,40)(H,37,42)(H,43,44)(H4,32,33,34). The molecule has 4 atom stereocenters. The van der Waals surface area contributed by atoms with Crippen LogP contribution >= 0.6 is 0 Å². The van der Waals surface area contributed by atoms with Crippen molar-refractivity contribution in [1.82, 2.24) is 16.0 Å². The largest absolute Gasteiger partial charge is 0.508 e. The van der Waals surface area contributed by atoms with Crippen LogP contribution in [0.1, 0.15) is 36.8 Å². The molecule has 0 heterocycles. The Hall–Kier alpha value is -5.18. The molecule has 0 saturated carbocycles. The number of primary amides is 1. The maximum absolute atomic E-state index is 13.6. The van der Waals surface area contributed by atoms with Crippen molar-refractivity contribution < 1.29 is 34.2 Å². The topological polar surface area (TPSA) is 278 Å². The number of nitrogens with two attached hydrogens (primary N) is 4. The van der Waals surface area contributed by atoms with E-state index in [2.05, 4.69) is 20.9 Å². The Morgan fingerprint density at radius 1 is 0.727 bits per heavy atom. The normalized spacial score (nSPS) is 13.4. The highest BCUT2D eigenvalue weighted by molar-refractivity contribution is 5.94. The molecule has 4 amide bonds. The fourth-order valence-electron chi connectivity index (χ4n) is 4.15. The SMILES string of the molecule is NC(=O)CCC(NC(=O)C(Cc1ccccc1)NC(=O)C(Cc1ccc(O)cc1)NC(=O)C(N)CCCN=C(N)N)C(=O)O. The number of aromatic hydroxyl groups is 1. The Labute approximate surface area is 254 Å². The number of benzene rings is 2. The van der Waals surface area contributed by atoms with E-state index in [0.717, 1.165) is 0 Å². The van der Waals surface area contributed by atoms with Gasteiger partial charge in [0.1, 0.15) is 23.9 Å². The van der Waals surface area contributed by atoms with E-state index in [1.54, 1.807) is 42.5 Å². The van der Waals surface area contributed by atoms with Crippen molar-refractivity contribution in [3.05, 3.63) is 65.7 Å². The van der Waals surface area contributed by atoms with Crippen molar-refractivity contribution in [2.75, 3.05) is 6.54 Å².